The van der Waals surface area contributed by atoms with Crippen molar-refractivity contribution in [3.63, 3.8) is 0 Å². The second-order valence-corrected chi connectivity index (χ2v) is 7.36. The molecule has 0 spiro atoms. The Morgan fingerprint density at radius 2 is 2.20 bits per heavy atom. The molecule has 2 aromatic heterocycles. The zero-order chi connectivity index (χ0) is 14.1. The van der Waals surface area contributed by atoms with Crippen LogP contribution in [0.2, 0.25) is 0 Å². The Balaban J connectivity index is 1.72. The van der Waals surface area contributed by atoms with Crippen LogP contribution in [0.5, 0.6) is 0 Å². The number of thiophene rings is 1. The molecule has 0 fully saturated rings. The quantitative estimate of drug-likeness (QED) is 0.867. The van der Waals surface area contributed by atoms with Crippen LogP contribution in [0.3, 0.4) is 0 Å². The molecule has 5 heteroatoms. The second kappa shape index (κ2) is 5.66. The van der Waals surface area contributed by atoms with E-state index < -0.39 is 0 Å². The van der Waals surface area contributed by atoms with Gasteiger partial charge in [0.05, 0.1) is 17.1 Å². The van der Waals surface area contributed by atoms with Crippen LogP contribution in [0, 0.1) is 6.92 Å². The number of amides is 1. The molecule has 1 aliphatic carbocycles. The van der Waals surface area contributed by atoms with Crippen molar-refractivity contribution in [3.05, 3.63) is 37.5 Å². The van der Waals surface area contributed by atoms with Gasteiger partial charge in [0.25, 0.3) is 5.91 Å². The first-order valence-electron chi connectivity index (χ1n) is 6.92. The number of carbonyl (C=O) groups is 1. The minimum Gasteiger partial charge on any atom is -0.334 e. The summed E-state index contributed by atoms with van der Waals surface area (Å²) in [4.78, 5) is 21.1. The van der Waals surface area contributed by atoms with Crippen molar-refractivity contribution < 1.29 is 4.79 Å². The Kier molecular flexibility index (Phi) is 3.89. The molecule has 1 aliphatic rings. The molecule has 0 radical (unpaired) electrons. The van der Waals surface area contributed by atoms with Gasteiger partial charge in [-0.3, -0.25) is 4.79 Å². The molecule has 0 atom stereocenters. The molecule has 1 amide bonds. The maximum absolute atomic E-state index is 12.4. The average molecular weight is 306 g/mol. The third-order valence-electron chi connectivity index (χ3n) is 3.67. The number of aryl methyl sites for hydroxylation is 3. The number of hydrogen-bond acceptors (Lipinski definition) is 4. The molecule has 2 heterocycles. The predicted molar refractivity (Wildman–Crippen MR) is 83.6 cm³/mol. The van der Waals surface area contributed by atoms with Crippen molar-refractivity contribution in [2.24, 2.45) is 0 Å². The number of fused-ring (bicyclic) bond motifs is 1. The first-order chi connectivity index (χ1) is 9.65. The lowest BCUT2D eigenvalue weighted by atomic mass is 10.0. The molecule has 3 rings (SSSR count). The molecule has 0 aromatic carbocycles. The van der Waals surface area contributed by atoms with Crippen molar-refractivity contribution in [2.45, 2.75) is 39.2 Å². The highest BCUT2D eigenvalue weighted by molar-refractivity contribution is 7.12. The lowest BCUT2D eigenvalue weighted by molar-refractivity contribution is 0.0789. The first kappa shape index (κ1) is 13.8. The summed E-state index contributed by atoms with van der Waals surface area (Å²) in [5.74, 6) is 0.102. The largest absolute Gasteiger partial charge is 0.334 e. The molecule has 3 nitrogen and oxygen atoms in total. The number of nitrogens with zero attached hydrogens (tertiary/aromatic N) is 2. The molecule has 106 valence electrons. The fourth-order valence-electron chi connectivity index (χ4n) is 2.51. The van der Waals surface area contributed by atoms with E-state index in [1.54, 1.807) is 16.2 Å². The summed E-state index contributed by atoms with van der Waals surface area (Å²) >= 11 is 3.30. The van der Waals surface area contributed by atoms with Gasteiger partial charge in [-0.15, -0.1) is 22.7 Å². The Labute approximate surface area is 127 Å². The fourth-order valence-corrected chi connectivity index (χ4v) is 4.64. The minimum atomic E-state index is 0.102. The zero-order valence-corrected chi connectivity index (χ0v) is 13.4. The summed E-state index contributed by atoms with van der Waals surface area (Å²) in [7, 11) is 1.86. The minimum absolute atomic E-state index is 0.102. The molecule has 20 heavy (non-hydrogen) atoms. The standard InChI is InChI=1S/C15H18N2OS2/c1-10-7-8-19-14(10)15(18)17(2)9-13-16-11-5-3-4-6-12(11)20-13/h7-8H,3-6,9H2,1-2H3. The number of rotatable bonds is 3. The highest BCUT2D eigenvalue weighted by Crippen LogP contribution is 2.27. The predicted octanol–water partition coefficient (Wildman–Crippen LogP) is 3.66. The number of thiazole rings is 1. The van der Waals surface area contributed by atoms with Crippen molar-refractivity contribution in [2.75, 3.05) is 7.05 Å². The van der Waals surface area contributed by atoms with Gasteiger partial charge in [-0.1, -0.05) is 0 Å². The molecule has 0 N–H and O–H groups in total. The van der Waals surface area contributed by atoms with E-state index >= 15 is 0 Å². The van der Waals surface area contributed by atoms with Gasteiger partial charge < -0.3 is 4.90 Å². The van der Waals surface area contributed by atoms with Crippen LogP contribution in [0.15, 0.2) is 11.4 Å². The third-order valence-corrected chi connectivity index (χ3v) is 5.81. The summed E-state index contributed by atoms with van der Waals surface area (Å²) < 4.78 is 0. The van der Waals surface area contributed by atoms with Crippen LogP contribution in [-0.2, 0) is 19.4 Å². The lowest BCUT2D eigenvalue weighted by Crippen LogP contribution is -2.25. The maximum atomic E-state index is 12.4. The summed E-state index contributed by atoms with van der Waals surface area (Å²) in [6, 6.07) is 1.99. The fraction of sp³-hybridized carbons (Fsp3) is 0.467. The van der Waals surface area contributed by atoms with Gasteiger partial charge >= 0.3 is 0 Å². The van der Waals surface area contributed by atoms with E-state index in [2.05, 4.69) is 0 Å². The van der Waals surface area contributed by atoms with Gasteiger partial charge in [0, 0.05) is 11.9 Å². The van der Waals surface area contributed by atoms with E-state index in [4.69, 9.17) is 4.98 Å². The van der Waals surface area contributed by atoms with E-state index in [1.165, 1.54) is 34.7 Å². The van der Waals surface area contributed by atoms with E-state index in [0.29, 0.717) is 6.54 Å². The SMILES string of the molecule is Cc1ccsc1C(=O)N(C)Cc1nc2c(s1)CCCC2. The Bertz CT molecular complexity index is 606. The van der Waals surface area contributed by atoms with Crippen molar-refractivity contribution >= 4 is 28.6 Å². The van der Waals surface area contributed by atoms with Gasteiger partial charge in [-0.05, 0) is 49.6 Å². The Morgan fingerprint density at radius 3 is 2.90 bits per heavy atom. The van der Waals surface area contributed by atoms with E-state index in [9.17, 15) is 4.79 Å². The topological polar surface area (TPSA) is 33.2 Å². The summed E-state index contributed by atoms with van der Waals surface area (Å²) in [5, 5.41) is 3.04. The molecule has 0 saturated heterocycles. The van der Waals surface area contributed by atoms with E-state index in [-0.39, 0.29) is 5.91 Å². The molecule has 0 aliphatic heterocycles. The van der Waals surface area contributed by atoms with Crippen LogP contribution in [0.25, 0.3) is 0 Å². The summed E-state index contributed by atoms with van der Waals surface area (Å²) in [5.41, 5.74) is 2.33. The van der Waals surface area contributed by atoms with Gasteiger partial charge in [-0.25, -0.2) is 4.98 Å². The Hall–Kier alpha value is -1.20. The van der Waals surface area contributed by atoms with Gasteiger partial charge in [0.15, 0.2) is 0 Å². The molecule has 0 unspecified atom stereocenters. The maximum Gasteiger partial charge on any atom is 0.264 e. The number of hydrogen-bond donors (Lipinski definition) is 0. The average Bonchev–Trinajstić information content (AvgIpc) is 3.03. The molecule has 0 bridgehead atoms. The second-order valence-electron chi connectivity index (χ2n) is 5.28. The van der Waals surface area contributed by atoms with Crippen LogP contribution in [0.4, 0.5) is 0 Å². The van der Waals surface area contributed by atoms with Gasteiger partial charge in [0.1, 0.15) is 5.01 Å². The molecule has 0 saturated carbocycles. The number of carbonyl (C=O) groups excluding carboxylic acids is 1. The van der Waals surface area contributed by atoms with E-state index in [0.717, 1.165) is 28.3 Å². The summed E-state index contributed by atoms with van der Waals surface area (Å²) in [6.45, 7) is 2.60. The van der Waals surface area contributed by atoms with Crippen molar-refractivity contribution in [1.82, 2.24) is 9.88 Å². The van der Waals surface area contributed by atoms with E-state index in [1.807, 2.05) is 25.4 Å². The van der Waals surface area contributed by atoms with Crippen LogP contribution in [0.1, 0.15) is 43.7 Å². The number of aromatic nitrogens is 1. The Morgan fingerprint density at radius 1 is 1.40 bits per heavy atom. The lowest BCUT2D eigenvalue weighted by Gasteiger charge is -2.15. The van der Waals surface area contributed by atoms with Crippen LogP contribution >= 0.6 is 22.7 Å². The van der Waals surface area contributed by atoms with Crippen molar-refractivity contribution in [1.29, 1.82) is 0 Å². The zero-order valence-electron chi connectivity index (χ0n) is 11.8. The molecule has 2 aromatic rings. The van der Waals surface area contributed by atoms with Gasteiger partial charge in [0.2, 0.25) is 0 Å². The smallest absolute Gasteiger partial charge is 0.264 e. The summed E-state index contributed by atoms with van der Waals surface area (Å²) in [6.07, 6.45) is 4.79. The van der Waals surface area contributed by atoms with Crippen molar-refractivity contribution in [3.8, 4) is 0 Å². The van der Waals surface area contributed by atoms with Crippen LogP contribution < -0.4 is 0 Å². The van der Waals surface area contributed by atoms with Gasteiger partial charge in [-0.2, -0.15) is 0 Å². The normalized spacial score (nSPS) is 14.1. The highest BCUT2D eigenvalue weighted by Gasteiger charge is 2.19. The first-order valence-corrected chi connectivity index (χ1v) is 8.62. The monoisotopic (exact) mass is 306 g/mol. The van der Waals surface area contributed by atoms with Crippen LogP contribution in [-0.4, -0.2) is 22.8 Å². The molecular formula is C15H18N2OS2. The third kappa shape index (κ3) is 2.65. The molecular weight excluding hydrogens is 288 g/mol. The highest BCUT2D eigenvalue weighted by atomic mass is 32.1.